The number of ether oxygens (including phenoxy) is 1. The minimum atomic E-state index is -0.477. The molecule has 0 aliphatic carbocycles. The van der Waals surface area contributed by atoms with Crippen molar-refractivity contribution in [3.05, 3.63) is 28.5 Å². The van der Waals surface area contributed by atoms with Crippen molar-refractivity contribution >= 4 is 17.7 Å². The second kappa shape index (κ2) is 5.00. The molecule has 1 aliphatic rings. The molecule has 2 rings (SSSR count). The predicted molar refractivity (Wildman–Crippen MR) is 74.2 cm³/mol. The fourth-order valence-electron chi connectivity index (χ4n) is 2.12. The molecule has 0 aromatic carbocycles. The molecule has 0 bridgehead atoms. The molecule has 0 saturated heterocycles. The van der Waals surface area contributed by atoms with Crippen LogP contribution in [0.1, 0.15) is 39.0 Å². The van der Waals surface area contributed by atoms with Gasteiger partial charge in [-0.2, -0.15) is 0 Å². The normalized spacial score (nSPS) is 19.0. The lowest BCUT2D eigenvalue weighted by molar-refractivity contribution is 0.0136. The first-order valence-electron chi connectivity index (χ1n) is 6.40. The van der Waals surface area contributed by atoms with Gasteiger partial charge in [-0.05, 0) is 39.3 Å². The molecule has 0 saturated carbocycles. The van der Waals surface area contributed by atoms with E-state index in [2.05, 4.69) is 4.98 Å². The molecule has 0 fully saturated rings. The van der Waals surface area contributed by atoms with E-state index in [4.69, 9.17) is 16.3 Å². The molecule has 1 aromatic heterocycles. The minimum Gasteiger partial charge on any atom is -0.444 e. The van der Waals surface area contributed by atoms with Crippen molar-refractivity contribution in [2.24, 2.45) is 0 Å². The zero-order valence-corrected chi connectivity index (χ0v) is 12.5. The number of hydrogen-bond donors (Lipinski definition) is 0. The quantitative estimate of drug-likeness (QED) is 0.685. The molecule has 0 spiro atoms. The van der Waals surface area contributed by atoms with Gasteiger partial charge in [0.15, 0.2) is 0 Å². The van der Waals surface area contributed by atoms with Crippen LogP contribution in [0.25, 0.3) is 0 Å². The highest BCUT2D eigenvalue weighted by Crippen LogP contribution is 2.25. The minimum absolute atomic E-state index is 0.0633. The number of nitrogens with zero attached hydrogens (tertiary/aromatic N) is 2. The highest BCUT2D eigenvalue weighted by atomic mass is 35.5. The Morgan fingerprint density at radius 1 is 1.47 bits per heavy atom. The van der Waals surface area contributed by atoms with Crippen molar-refractivity contribution < 1.29 is 9.53 Å². The lowest BCUT2D eigenvalue weighted by atomic mass is 10.0. The summed E-state index contributed by atoms with van der Waals surface area (Å²) in [6, 6.07) is 3.74. The molecule has 104 valence electrons. The van der Waals surface area contributed by atoms with E-state index < -0.39 is 5.60 Å². The molecule has 1 aromatic rings. The number of amides is 1. The maximum absolute atomic E-state index is 12.2. The fraction of sp³-hybridized carbons (Fsp3) is 0.571. The number of fused-ring (bicyclic) bond motifs is 1. The third-order valence-corrected chi connectivity index (χ3v) is 3.23. The van der Waals surface area contributed by atoms with E-state index in [0.717, 1.165) is 11.3 Å². The van der Waals surface area contributed by atoms with Gasteiger partial charge in [0.1, 0.15) is 10.8 Å². The lowest BCUT2D eigenvalue weighted by Gasteiger charge is -2.35. The van der Waals surface area contributed by atoms with Crippen LogP contribution < -0.4 is 0 Å². The third-order valence-electron chi connectivity index (χ3n) is 3.02. The van der Waals surface area contributed by atoms with Crippen LogP contribution in [0, 0.1) is 0 Å². The predicted octanol–water partition coefficient (Wildman–Crippen LogP) is 3.42. The standard InChI is InChI=1S/C14H19ClN2O2/c1-9-7-11-10(5-6-12(15)16-11)8-17(9)13(18)19-14(2,3)4/h5-6,9H,7-8H2,1-4H3. The number of aromatic nitrogens is 1. The van der Waals surface area contributed by atoms with E-state index >= 15 is 0 Å². The maximum Gasteiger partial charge on any atom is 0.410 e. The number of carbonyl (C=O) groups is 1. The Kier molecular flexibility index (Phi) is 3.72. The van der Waals surface area contributed by atoms with Gasteiger partial charge < -0.3 is 9.64 Å². The zero-order chi connectivity index (χ0) is 14.2. The van der Waals surface area contributed by atoms with Gasteiger partial charge >= 0.3 is 6.09 Å². The summed E-state index contributed by atoms with van der Waals surface area (Å²) in [6.07, 6.45) is 0.426. The summed E-state index contributed by atoms with van der Waals surface area (Å²) in [5.74, 6) is 0. The average molecular weight is 283 g/mol. The van der Waals surface area contributed by atoms with Crippen LogP contribution in [0.15, 0.2) is 12.1 Å². The molecular weight excluding hydrogens is 264 g/mol. The highest BCUT2D eigenvalue weighted by Gasteiger charge is 2.30. The fourth-order valence-corrected chi connectivity index (χ4v) is 2.28. The van der Waals surface area contributed by atoms with Crippen LogP contribution >= 0.6 is 11.6 Å². The van der Waals surface area contributed by atoms with Gasteiger partial charge in [-0.3, -0.25) is 0 Å². The Morgan fingerprint density at radius 3 is 2.79 bits per heavy atom. The van der Waals surface area contributed by atoms with Gasteiger partial charge in [0, 0.05) is 18.2 Å². The summed E-state index contributed by atoms with van der Waals surface area (Å²) in [4.78, 5) is 18.2. The number of hydrogen-bond acceptors (Lipinski definition) is 3. The summed E-state index contributed by atoms with van der Waals surface area (Å²) in [5.41, 5.74) is 1.53. The molecule has 0 N–H and O–H groups in total. The van der Waals surface area contributed by atoms with E-state index in [1.165, 1.54) is 0 Å². The molecule has 19 heavy (non-hydrogen) atoms. The number of rotatable bonds is 0. The number of pyridine rings is 1. The van der Waals surface area contributed by atoms with E-state index in [0.29, 0.717) is 18.1 Å². The molecule has 4 nitrogen and oxygen atoms in total. The van der Waals surface area contributed by atoms with Crippen LogP contribution in [0.4, 0.5) is 4.79 Å². The first kappa shape index (κ1) is 14.1. The van der Waals surface area contributed by atoms with E-state index in [1.807, 2.05) is 33.8 Å². The average Bonchev–Trinajstić information content (AvgIpc) is 2.25. The third kappa shape index (κ3) is 3.38. The van der Waals surface area contributed by atoms with Gasteiger partial charge in [-0.15, -0.1) is 0 Å². The van der Waals surface area contributed by atoms with Crippen molar-refractivity contribution in [3.63, 3.8) is 0 Å². The number of halogens is 1. The van der Waals surface area contributed by atoms with E-state index in [9.17, 15) is 4.79 Å². The number of carbonyl (C=O) groups excluding carboxylic acids is 1. The van der Waals surface area contributed by atoms with Gasteiger partial charge in [-0.25, -0.2) is 9.78 Å². The van der Waals surface area contributed by atoms with Gasteiger partial charge in [0.25, 0.3) is 0 Å². The first-order valence-corrected chi connectivity index (χ1v) is 6.78. The summed E-state index contributed by atoms with van der Waals surface area (Å²) < 4.78 is 5.43. The molecule has 1 aliphatic heterocycles. The van der Waals surface area contributed by atoms with Crippen LogP contribution in [0.2, 0.25) is 5.15 Å². The smallest absolute Gasteiger partial charge is 0.410 e. The molecule has 1 atom stereocenters. The second-order valence-electron chi connectivity index (χ2n) is 5.90. The molecule has 1 amide bonds. The molecule has 2 heterocycles. The maximum atomic E-state index is 12.2. The van der Waals surface area contributed by atoms with Gasteiger partial charge in [0.05, 0.1) is 6.54 Å². The van der Waals surface area contributed by atoms with E-state index in [1.54, 1.807) is 11.0 Å². The SMILES string of the molecule is CC1Cc2nc(Cl)ccc2CN1C(=O)OC(C)(C)C. The largest absolute Gasteiger partial charge is 0.444 e. The van der Waals surface area contributed by atoms with Crippen LogP contribution in [0.3, 0.4) is 0 Å². The molecule has 1 unspecified atom stereocenters. The first-order chi connectivity index (χ1) is 8.76. The van der Waals surface area contributed by atoms with E-state index in [-0.39, 0.29) is 12.1 Å². The van der Waals surface area contributed by atoms with Crippen molar-refractivity contribution in [1.82, 2.24) is 9.88 Å². The van der Waals surface area contributed by atoms with Gasteiger partial charge in [-0.1, -0.05) is 17.7 Å². The van der Waals surface area contributed by atoms with Crippen molar-refractivity contribution in [3.8, 4) is 0 Å². The summed E-state index contributed by atoms with van der Waals surface area (Å²) in [6.45, 7) is 8.13. The van der Waals surface area contributed by atoms with Gasteiger partial charge in [0.2, 0.25) is 0 Å². The Bertz CT molecular complexity index is 497. The Labute approximate surface area is 118 Å². The molecule has 0 radical (unpaired) electrons. The van der Waals surface area contributed by atoms with Crippen LogP contribution in [-0.2, 0) is 17.7 Å². The topological polar surface area (TPSA) is 42.4 Å². The Morgan fingerprint density at radius 2 is 2.16 bits per heavy atom. The molecule has 5 heteroatoms. The Hall–Kier alpha value is -1.29. The lowest BCUT2D eigenvalue weighted by Crippen LogP contribution is -2.45. The van der Waals surface area contributed by atoms with Crippen molar-refractivity contribution in [2.75, 3.05) is 0 Å². The summed E-state index contributed by atoms with van der Waals surface area (Å²) in [5, 5.41) is 0.497. The second-order valence-corrected chi connectivity index (χ2v) is 6.29. The van der Waals surface area contributed by atoms with Crippen molar-refractivity contribution in [2.45, 2.75) is 52.3 Å². The van der Waals surface area contributed by atoms with Crippen LogP contribution in [-0.4, -0.2) is 27.6 Å². The van der Waals surface area contributed by atoms with Crippen molar-refractivity contribution in [1.29, 1.82) is 0 Å². The molecular formula is C14H19ClN2O2. The summed E-state index contributed by atoms with van der Waals surface area (Å²) >= 11 is 5.89. The highest BCUT2D eigenvalue weighted by molar-refractivity contribution is 6.29. The van der Waals surface area contributed by atoms with Crippen LogP contribution in [0.5, 0.6) is 0 Å². The monoisotopic (exact) mass is 282 g/mol. The Balaban J connectivity index is 2.17. The zero-order valence-electron chi connectivity index (χ0n) is 11.7. The summed E-state index contributed by atoms with van der Waals surface area (Å²) in [7, 11) is 0.